The maximum atomic E-state index is 13.4. The second-order valence-electron chi connectivity index (χ2n) is 13.2. The minimum atomic E-state index is -4.17. The molecule has 2 heterocycles. The topological polar surface area (TPSA) is 63.1 Å². The summed E-state index contributed by atoms with van der Waals surface area (Å²) in [6.07, 6.45) is 7.33. The second kappa shape index (κ2) is 17.7. The largest absolute Gasteiger partial charge is 0.512 e. The Labute approximate surface area is 315 Å². The first-order valence-corrected chi connectivity index (χ1v) is 19.6. The van der Waals surface area contributed by atoms with Gasteiger partial charge in [-0.1, -0.05) is 27.7 Å². The zero-order chi connectivity index (χ0) is 35.2. The number of aliphatic hydroxyl groups excluding tert-OH is 1. The summed E-state index contributed by atoms with van der Waals surface area (Å²) in [5, 5.41) is 12.1. The van der Waals surface area contributed by atoms with Crippen LogP contribution in [0.1, 0.15) is 79.7 Å². The first-order valence-electron chi connectivity index (χ1n) is 16.5. The van der Waals surface area contributed by atoms with Crippen molar-refractivity contribution in [1.82, 2.24) is 9.97 Å². The van der Waals surface area contributed by atoms with E-state index in [1.54, 1.807) is 29.5 Å². The molecule has 0 saturated carbocycles. The van der Waals surface area contributed by atoms with Crippen molar-refractivity contribution >= 4 is 72.7 Å². The number of thiophene rings is 1. The number of hydrogen-bond acceptors (Lipinski definition) is 5. The van der Waals surface area contributed by atoms with E-state index in [1.807, 2.05) is 45.9 Å². The minimum absolute atomic E-state index is 0. The zero-order valence-electron chi connectivity index (χ0n) is 29.0. The van der Waals surface area contributed by atoms with E-state index in [0.717, 1.165) is 52.4 Å². The van der Waals surface area contributed by atoms with Gasteiger partial charge < -0.3 is 5.11 Å². The Kier molecular flexibility index (Phi) is 14.9. The molecule has 5 aromatic rings. The molecule has 1 N–H and O–H groups in total. The first kappa shape index (κ1) is 41.1. The SMILES string of the molecule is CC(C)(C)Cc1cccc2c1sc1c(-c3[c-]c4ccccc4c([Te]C(F)(F)F)c3)ncnc12.CCC(CC)C(=O)/C=C(\O)C(CC)CC.[Ir]. The van der Waals surface area contributed by atoms with Gasteiger partial charge in [0.1, 0.15) is 0 Å². The van der Waals surface area contributed by atoms with Crippen LogP contribution >= 0.6 is 11.3 Å². The fourth-order valence-electron chi connectivity index (χ4n) is 5.87. The van der Waals surface area contributed by atoms with E-state index in [4.69, 9.17) is 0 Å². The summed E-state index contributed by atoms with van der Waals surface area (Å²) in [6, 6.07) is 18.4. The standard InChI is InChI=1S/C26H20F3N2STe.C13H24O2.Ir/c1-25(2,3)13-16-8-6-10-19-22-24(32-23(16)19)21(30-14-31-22)17-11-15-7-4-5-9-18(15)20(12-17)33-26(27,28)29;1-5-10(6-2)12(14)9-13(15)11(7-3)8-4;/h4-10,12,14H,13H2,1-3H3;9-11,14H,5-8H2,1-4H3;/q-1;;/b;12-9-;. The Morgan fingerprint density at radius 2 is 1.55 bits per heavy atom. The Balaban J connectivity index is 0.000000347. The van der Waals surface area contributed by atoms with Crippen LogP contribution in [0.2, 0.25) is 0 Å². The van der Waals surface area contributed by atoms with Gasteiger partial charge in [-0.2, -0.15) is 0 Å². The van der Waals surface area contributed by atoms with Gasteiger partial charge in [0.2, 0.25) is 0 Å². The molecule has 1 radical (unpaired) electrons. The van der Waals surface area contributed by atoms with Crippen LogP contribution in [0.25, 0.3) is 42.3 Å². The third-order valence-electron chi connectivity index (χ3n) is 8.38. The van der Waals surface area contributed by atoms with Gasteiger partial charge in [0, 0.05) is 38.0 Å². The average molecular weight is 982 g/mol. The van der Waals surface area contributed by atoms with Crippen molar-refractivity contribution in [2.45, 2.75) is 84.8 Å². The van der Waals surface area contributed by atoms with Crippen molar-refractivity contribution in [3.05, 3.63) is 78.3 Å². The van der Waals surface area contributed by atoms with Crippen molar-refractivity contribution in [3.8, 4) is 11.3 Å². The molecule has 49 heavy (non-hydrogen) atoms. The minimum Gasteiger partial charge on any atom is -0.512 e. The quantitative estimate of drug-likeness (QED) is 0.0656. The molecule has 0 unspecified atom stereocenters. The maximum Gasteiger partial charge on any atom is 0.162 e. The Morgan fingerprint density at radius 3 is 2.16 bits per heavy atom. The summed E-state index contributed by atoms with van der Waals surface area (Å²) in [4.78, 5) is 20.8. The molecule has 10 heteroatoms. The van der Waals surface area contributed by atoms with Gasteiger partial charge in [-0.05, 0) is 25.7 Å². The van der Waals surface area contributed by atoms with E-state index in [0.29, 0.717) is 25.6 Å². The van der Waals surface area contributed by atoms with E-state index in [9.17, 15) is 23.1 Å². The van der Waals surface area contributed by atoms with Gasteiger partial charge in [0.05, 0.1) is 5.76 Å². The Bertz CT molecular complexity index is 1910. The molecular weight excluding hydrogens is 937 g/mol. The molecule has 265 valence electrons. The molecule has 0 amide bonds. The van der Waals surface area contributed by atoms with Crippen LogP contribution in [-0.2, 0) is 31.3 Å². The number of carbonyl (C=O) groups excluding carboxylic acids is 1. The molecule has 0 fully saturated rings. The molecule has 0 saturated heterocycles. The maximum absolute atomic E-state index is 13.4. The van der Waals surface area contributed by atoms with E-state index in [2.05, 4.69) is 48.9 Å². The number of aromatic nitrogens is 2. The van der Waals surface area contributed by atoms with Crippen molar-refractivity contribution in [2.75, 3.05) is 0 Å². The predicted molar refractivity (Wildman–Crippen MR) is 195 cm³/mol. The molecule has 3 aromatic carbocycles. The van der Waals surface area contributed by atoms with Crippen molar-refractivity contribution < 1.29 is 43.2 Å². The van der Waals surface area contributed by atoms with Gasteiger partial charge in [0.15, 0.2) is 5.78 Å². The summed E-state index contributed by atoms with van der Waals surface area (Å²) in [5.74, 6) is 0.547. The Morgan fingerprint density at radius 1 is 0.918 bits per heavy atom. The number of hydrogen-bond donors (Lipinski definition) is 1. The first-order chi connectivity index (χ1) is 22.7. The number of ketones is 1. The van der Waals surface area contributed by atoms with Crippen molar-refractivity contribution in [2.24, 2.45) is 17.3 Å². The summed E-state index contributed by atoms with van der Waals surface area (Å²) in [5.41, 5.74) is 3.45. The van der Waals surface area contributed by atoms with E-state index in [-0.39, 0.29) is 48.9 Å². The summed E-state index contributed by atoms with van der Waals surface area (Å²) >= 11 is -0.769. The molecule has 0 bridgehead atoms. The predicted octanol–water partition coefficient (Wildman–Crippen LogP) is 10.8. The van der Waals surface area contributed by atoms with Gasteiger partial charge in [0.25, 0.3) is 0 Å². The number of carbonyl (C=O) groups is 1. The number of nitrogens with zero attached hydrogens (tertiary/aromatic N) is 2. The van der Waals surface area contributed by atoms with Crippen LogP contribution in [-0.4, -0.2) is 46.0 Å². The number of allylic oxidation sites excluding steroid dienone is 2. The van der Waals surface area contributed by atoms with Crippen LogP contribution in [0.15, 0.2) is 66.7 Å². The average Bonchev–Trinajstić information content (AvgIpc) is 3.41. The number of fused-ring (bicyclic) bond motifs is 4. The van der Waals surface area contributed by atoms with Crippen molar-refractivity contribution in [3.63, 3.8) is 0 Å². The summed E-state index contributed by atoms with van der Waals surface area (Å²) in [6.45, 7) is 14.7. The third-order valence-corrected chi connectivity index (χ3v) is 11.9. The molecule has 5 rings (SSSR count). The number of rotatable bonds is 10. The molecule has 0 aliphatic rings. The normalized spacial score (nSPS) is 12.4. The number of halogens is 3. The number of aliphatic hydroxyl groups is 1. The van der Waals surface area contributed by atoms with Crippen LogP contribution in [0, 0.1) is 23.3 Å². The Hall–Kier alpha value is -2.34. The molecule has 0 aliphatic carbocycles. The monoisotopic (exact) mass is 984 g/mol. The molecule has 0 aliphatic heterocycles. The molecule has 4 nitrogen and oxygen atoms in total. The van der Waals surface area contributed by atoms with Crippen LogP contribution in [0.5, 0.6) is 0 Å². The van der Waals surface area contributed by atoms with Crippen molar-refractivity contribution in [1.29, 1.82) is 0 Å². The summed E-state index contributed by atoms with van der Waals surface area (Å²) in [7, 11) is 0. The van der Waals surface area contributed by atoms with Crippen LogP contribution in [0.3, 0.4) is 0 Å². The van der Waals surface area contributed by atoms with E-state index >= 15 is 0 Å². The van der Waals surface area contributed by atoms with Gasteiger partial charge in [-0.15, -0.1) is 0 Å². The fraction of sp³-hybridized carbons (Fsp3) is 0.410. The molecule has 0 spiro atoms. The molecule has 0 atom stereocenters. The fourth-order valence-corrected chi connectivity index (χ4v) is 9.18. The second-order valence-corrected chi connectivity index (χ2v) is 17.4. The number of alkyl halides is 3. The molecular formula is C39H44F3IrN2O2STe-. The zero-order valence-corrected chi connectivity index (χ0v) is 34.5. The number of benzene rings is 3. The third kappa shape index (κ3) is 10.6. The molecule has 2 aromatic heterocycles. The van der Waals surface area contributed by atoms with Gasteiger partial charge >= 0.3 is 205 Å². The van der Waals surface area contributed by atoms with Gasteiger partial charge in [-0.3, -0.25) is 4.79 Å². The van der Waals surface area contributed by atoms with Gasteiger partial charge in [-0.25, -0.2) is 0 Å². The van der Waals surface area contributed by atoms with E-state index < -0.39 is 25.1 Å². The van der Waals surface area contributed by atoms with Crippen LogP contribution in [0.4, 0.5) is 13.2 Å². The van der Waals surface area contributed by atoms with E-state index in [1.165, 1.54) is 18.0 Å². The smallest absolute Gasteiger partial charge is 0.162 e. The van der Waals surface area contributed by atoms with Crippen LogP contribution < -0.4 is 3.61 Å². The summed E-state index contributed by atoms with van der Waals surface area (Å²) < 4.78 is 38.4.